The molecular formula is C10H13ClN2. The van der Waals surface area contributed by atoms with E-state index in [1.54, 1.807) is 0 Å². The first-order valence-electron chi connectivity index (χ1n) is 4.68. The Bertz CT molecular complexity index is 265. The van der Waals surface area contributed by atoms with Gasteiger partial charge < -0.3 is 5.32 Å². The van der Waals surface area contributed by atoms with E-state index in [1.165, 1.54) is 18.4 Å². The Morgan fingerprint density at radius 1 is 1.46 bits per heavy atom. The lowest BCUT2D eigenvalue weighted by Crippen LogP contribution is -2.28. The van der Waals surface area contributed by atoms with Crippen molar-refractivity contribution >= 4 is 11.6 Å². The maximum Gasteiger partial charge on any atom is 0.129 e. The highest BCUT2D eigenvalue weighted by atomic mass is 35.5. The molecular weight excluding hydrogens is 184 g/mol. The van der Waals surface area contributed by atoms with Crippen LogP contribution in [0.25, 0.3) is 0 Å². The molecule has 0 aromatic carbocycles. The summed E-state index contributed by atoms with van der Waals surface area (Å²) in [5, 5.41) is 3.96. The third-order valence-electron chi connectivity index (χ3n) is 2.52. The van der Waals surface area contributed by atoms with Crippen molar-refractivity contribution in [3.8, 4) is 0 Å². The van der Waals surface area contributed by atoms with Crippen LogP contribution in [0.2, 0.25) is 5.15 Å². The molecule has 0 aliphatic carbocycles. The van der Waals surface area contributed by atoms with Gasteiger partial charge in [0.15, 0.2) is 0 Å². The number of aromatic nitrogens is 1. The smallest absolute Gasteiger partial charge is 0.129 e. The van der Waals surface area contributed by atoms with Gasteiger partial charge in [0.2, 0.25) is 0 Å². The van der Waals surface area contributed by atoms with E-state index in [0.29, 0.717) is 11.1 Å². The number of rotatable bonds is 1. The minimum Gasteiger partial charge on any atom is -0.316 e. The molecule has 1 N–H and O–H groups in total. The summed E-state index contributed by atoms with van der Waals surface area (Å²) in [7, 11) is 0. The molecule has 1 saturated heterocycles. The zero-order valence-corrected chi connectivity index (χ0v) is 8.22. The van der Waals surface area contributed by atoms with Crippen molar-refractivity contribution < 1.29 is 0 Å². The van der Waals surface area contributed by atoms with Gasteiger partial charge in [0, 0.05) is 12.7 Å². The number of halogens is 1. The van der Waals surface area contributed by atoms with Gasteiger partial charge in [0.1, 0.15) is 5.15 Å². The lowest BCUT2D eigenvalue weighted by atomic mass is 9.93. The average molecular weight is 197 g/mol. The van der Waals surface area contributed by atoms with Crippen LogP contribution in [-0.2, 0) is 0 Å². The normalized spacial score (nSPS) is 23.0. The fraction of sp³-hybridized carbons (Fsp3) is 0.500. The van der Waals surface area contributed by atoms with Gasteiger partial charge in [-0.25, -0.2) is 4.98 Å². The number of nitrogens with zero attached hydrogens (tertiary/aromatic N) is 1. The Morgan fingerprint density at radius 3 is 3.00 bits per heavy atom. The molecule has 2 rings (SSSR count). The molecule has 0 bridgehead atoms. The van der Waals surface area contributed by atoms with Crippen LogP contribution in [0.15, 0.2) is 18.3 Å². The molecule has 2 heterocycles. The zero-order chi connectivity index (χ0) is 9.10. The van der Waals surface area contributed by atoms with Crippen LogP contribution in [-0.4, -0.2) is 18.1 Å². The lowest BCUT2D eigenvalue weighted by Gasteiger charge is -2.22. The summed E-state index contributed by atoms with van der Waals surface area (Å²) < 4.78 is 0. The first-order chi connectivity index (χ1) is 6.36. The topological polar surface area (TPSA) is 24.9 Å². The molecule has 1 aliphatic heterocycles. The fourth-order valence-electron chi connectivity index (χ4n) is 1.77. The second kappa shape index (κ2) is 4.07. The van der Waals surface area contributed by atoms with Crippen LogP contribution in [0.1, 0.15) is 24.3 Å². The standard InChI is InChI=1S/C10H13ClN2/c11-10-4-3-9(7-13-10)8-2-1-5-12-6-8/h3-4,7-8,12H,1-2,5-6H2/t8-/m0/s1. The molecule has 1 aromatic rings. The van der Waals surface area contributed by atoms with Gasteiger partial charge >= 0.3 is 0 Å². The predicted molar refractivity (Wildman–Crippen MR) is 54.1 cm³/mol. The van der Waals surface area contributed by atoms with Crippen LogP contribution in [0.4, 0.5) is 0 Å². The van der Waals surface area contributed by atoms with E-state index in [-0.39, 0.29) is 0 Å². The van der Waals surface area contributed by atoms with Crippen LogP contribution >= 0.6 is 11.6 Å². The first kappa shape index (κ1) is 8.97. The van der Waals surface area contributed by atoms with Crippen molar-refractivity contribution in [2.45, 2.75) is 18.8 Å². The number of piperidine rings is 1. The largest absolute Gasteiger partial charge is 0.316 e. The fourth-order valence-corrected chi connectivity index (χ4v) is 1.88. The van der Waals surface area contributed by atoms with E-state index in [1.807, 2.05) is 12.3 Å². The van der Waals surface area contributed by atoms with Crippen LogP contribution < -0.4 is 5.32 Å². The number of hydrogen-bond donors (Lipinski definition) is 1. The third kappa shape index (κ3) is 2.20. The van der Waals surface area contributed by atoms with Gasteiger partial charge in [-0.3, -0.25) is 0 Å². The number of hydrogen-bond acceptors (Lipinski definition) is 2. The average Bonchev–Trinajstić information content (AvgIpc) is 2.20. The number of pyridine rings is 1. The van der Waals surface area contributed by atoms with E-state index < -0.39 is 0 Å². The highest BCUT2D eigenvalue weighted by molar-refractivity contribution is 6.29. The SMILES string of the molecule is Clc1ccc([C@H]2CCCNC2)cn1. The highest BCUT2D eigenvalue weighted by Gasteiger charge is 2.14. The molecule has 0 amide bonds. The van der Waals surface area contributed by atoms with E-state index >= 15 is 0 Å². The van der Waals surface area contributed by atoms with Crippen molar-refractivity contribution in [1.29, 1.82) is 0 Å². The molecule has 0 spiro atoms. The molecule has 0 saturated carbocycles. The Labute approximate surface area is 83.3 Å². The van der Waals surface area contributed by atoms with Crippen LogP contribution in [0, 0.1) is 0 Å². The second-order valence-electron chi connectivity index (χ2n) is 3.46. The summed E-state index contributed by atoms with van der Waals surface area (Å²) in [6.07, 6.45) is 4.41. The Morgan fingerprint density at radius 2 is 2.38 bits per heavy atom. The molecule has 3 heteroatoms. The van der Waals surface area contributed by atoms with E-state index in [0.717, 1.165) is 13.1 Å². The summed E-state index contributed by atoms with van der Waals surface area (Å²) in [6, 6.07) is 3.94. The summed E-state index contributed by atoms with van der Waals surface area (Å²) >= 11 is 5.72. The second-order valence-corrected chi connectivity index (χ2v) is 3.84. The maximum absolute atomic E-state index is 5.72. The van der Waals surface area contributed by atoms with Gasteiger partial charge in [0.25, 0.3) is 0 Å². The van der Waals surface area contributed by atoms with Crippen LogP contribution in [0.3, 0.4) is 0 Å². The monoisotopic (exact) mass is 196 g/mol. The van der Waals surface area contributed by atoms with Crippen LogP contribution in [0.5, 0.6) is 0 Å². The minimum atomic E-state index is 0.576. The molecule has 70 valence electrons. The van der Waals surface area contributed by atoms with Crippen molar-refractivity contribution in [1.82, 2.24) is 10.3 Å². The van der Waals surface area contributed by atoms with E-state index in [4.69, 9.17) is 11.6 Å². The van der Waals surface area contributed by atoms with Gasteiger partial charge in [-0.2, -0.15) is 0 Å². The molecule has 0 radical (unpaired) electrons. The molecule has 1 fully saturated rings. The van der Waals surface area contributed by atoms with Gasteiger partial charge in [0.05, 0.1) is 0 Å². The van der Waals surface area contributed by atoms with Crippen molar-refractivity contribution in [3.63, 3.8) is 0 Å². The molecule has 1 atom stereocenters. The maximum atomic E-state index is 5.72. The van der Waals surface area contributed by atoms with Gasteiger partial charge in [-0.1, -0.05) is 17.7 Å². The molecule has 13 heavy (non-hydrogen) atoms. The van der Waals surface area contributed by atoms with E-state index in [9.17, 15) is 0 Å². The minimum absolute atomic E-state index is 0.576. The third-order valence-corrected chi connectivity index (χ3v) is 2.74. The summed E-state index contributed by atoms with van der Waals surface area (Å²) in [4.78, 5) is 4.09. The van der Waals surface area contributed by atoms with Crippen molar-refractivity contribution in [2.75, 3.05) is 13.1 Å². The van der Waals surface area contributed by atoms with Crippen molar-refractivity contribution in [3.05, 3.63) is 29.0 Å². The van der Waals surface area contributed by atoms with Crippen molar-refractivity contribution in [2.24, 2.45) is 0 Å². The quantitative estimate of drug-likeness (QED) is 0.697. The Hall–Kier alpha value is -0.600. The Balaban J connectivity index is 2.10. The molecule has 2 nitrogen and oxygen atoms in total. The molecule has 1 aromatic heterocycles. The lowest BCUT2D eigenvalue weighted by molar-refractivity contribution is 0.461. The molecule has 1 aliphatic rings. The van der Waals surface area contributed by atoms with E-state index in [2.05, 4.69) is 16.4 Å². The Kier molecular flexibility index (Phi) is 2.81. The predicted octanol–water partition coefficient (Wildman–Crippen LogP) is 2.20. The first-order valence-corrected chi connectivity index (χ1v) is 5.06. The molecule has 0 unspecified atom stereocenters. The summed E-state index contributed by atoms with van der Waals surface area (Å²) in [5.74, 6) is 0.624. The zero-order valence-electron chi connectivity index (χ0n) is 7.46. The number of nitrogens with one attached hydrogen (secondary N) is 1. The van der Waals surface area contributed by atoms with Gasteiger partial charge in [-0.15, -0.1) is 0 Å². The summed E-state index contributed by atoms with van der Waals surface area (Å²) in [5.41, 5.74) is 1.30. The van der Waals surface area contributed by atoms with Gasteiger partial charge in [-0.05, 0) is 36.9 Å². The summed E-state index contributed by atoms with van der Waals surface area (Å²) in [6.45, 7) is 2.22. The highest BCUT2D eigenvalue weighted by Crippen LogP contribution is 2.22.